The van der Waals surface area contributed by atoms with Gasteiger partial charge >= 0.3 is 0 Å². The third kappa shape index (κ3) is 3.54. The largest absolute Gasteiger partial charge is 0.368 e. The van der Waals surface area contributed by atoms with Gasteiger partial charge in [-0.25, -0.2) is 9.97 Å². The van der Waals surface area contributed by atoms with Crippen molar-refractivity contribution < 1.29 is 0 Å². The number of nitrogens with two attached hydrogens (primary N) is 1. The molecule has 3 heterocycles. The SMILES string of the molecule is Cc1ccc(-n2c(-c3ccc(C#N)cc3)nc3c(N4CCC[C@@H](N)C4)ccnc32)cc1. The third-order valence-electron chi connectivity index (χ3n) is 5.89. The second kappa shape index (κ2) is 7.86. The van der Waals surface area contributed by atoms with Crippen molar-refractivity contribution in [3.8, 4) is 23.1 Å². The summed E-state index contributed by atoms with van der Waals surface area (Å²) in [7, 11) is 0. The number of nitrogens with zero attached hydrogens (tertiary/aromatic N) is 5. The van der Waals surface area contributed by atoms with Gasteiger partial charge in [0.05, 0.1) is 17.3 Å². The van der Waals surface area contributed by atoms with Gasteiger partial charge in [-0.3, -0.25) is 4.57 Å². The van der Waals surface area contributed by atoms with E-state index >= 15 is 0 Å². The number of benzene rings is 2. The van der Waals surface area contributed by atoms with Gasteiger partial charge in [-0.15, -0.1) is 0 Å². The predicted molar refractivity (Wildman–Crippen MR) is 123 cm³/mol. The fourth-order valence-electron chi connectivity index (χ4n) is 4.27. The van der Waals surface area contributed by atoms with Crippen molar-refractivity contribution in [2.24, 2.45) is 5.73 Å². The van der Waals surface area contributed by atoms with Crippen molar-refractivity contribution >= 4 is 16.9 Å². The van der Waals surface area contributed by atoms with Crippen LogP contribution in [-0.4, -0.2) is 33.7 Å². The topological polar surface area (TPSA) is 83.8 Å². The van der Waals surface area contributed by atoms with Gasteiger partial charge in [0.1, 0.15) is 11.3 Å². The normalized spacial score (nSPS) is 16.4. The lowest BCUT2D eigenvalue weighted by atomic mass is 10.1. The van der Waals surface area contributed by atoms with E-state index in [2.05, 4.69) is 46.7 Å². The zero-order chi connectivity index (χ0) is 21.4. The lowest BCUT2D eigenvalue weighted by Gasteiger charge is -2.32. The van der Waals surface area contributed by atoms with Crippen molar-refractivity contribution in [2.75, 3.05) is 18.0 Å². The Labute approximate surface area is 181 Å². The maximum Gasteiger partial charge on any atom is 0.167 e. The number of hydrogen-bond acceptors (Lipinski definition) is 5. The summed E-state index contributed by atoms with van der Waals surface area (Å²) in [5.74, 6) is 0.810. The Kier molecular flexibility index (Phi) is 4.89. The first-order valence-corrected chi connectivity index (χ1v) is 10.6. The van der Waals surface area contributed by atoms with Crippen molar-refractivity contribution in [2.45, 2.75) is 25.8 Å². The van der Waals surface area contributed by atoms with Crippen LogP contribution in [-0.2, 0) is 0 Å². The molecule has 0 bridgehead atoms. The first-order chi connectivity index (χ1) is 15.1. The van der Waals surface area contributed by atoms with E-state index < -0.39 is 0 Å². The molecule has 1 aliphatic rings. The van der Waals surface area contributed by atoms with E-state index in [-0.39, 0.29) is 6.04 Å². The van der Waals surface area contributed by atoms with Gasteiger partial charge in [0.15, 0.2) is 5.65 Å². The minimum absolute atomic E-state index is 0.175. The van der Waals surface area contributed by atoms with Gasteiger partial charge < -0.3 is 10.6 Å². The quantitative estimate of drug-likeness (QED) is 0.549. The molecule has 154 valence electrons. The third-order valence-corrected chi connectivity index (χ3v) is 5.89. The fourth-order valence-corrected chi connectivity index (χ4v) is 4.27. The molecule has 0 radical (unpaired) electrons. The van der Waals surface area contributed by atoms with Crippen LogP contribution in [0.4, 0.5) is 5.69 Å². The summed E-state index contributed by atoms with van der Waals surface area (Å²) in [5.41, 5.74) is 12.8. The van der Waals surface area contributed by atoms with Gasteiger partial charge in [0.2, 0.25) is 0 Å². The molecule has 1 aliphatic heterocycles. The van der Waals surface area contributed by atoms with Crippen molar-refractivity contribution in [1.29, 1.82) is 5.26 Å². The van der Waals surface area contributed by atoms with Crippen LogP contribution < -0.4 is 10.6 Å². The number of nitriles is 1. The number of fused-ring (bicyclic) bond motifs is 1. The second-order valence-electron chi connectivity index (χ2n) is 8.15. The zero-order valence-corrected chi connectivity index (χ0v) is 17.5. The molecule has 0 amide bonds. The summed E-state index contributed by atoms with van der Waals surface area (Å²) < 4.78 is 2.10. The minimum atomic E-state index is 0.175. The molecule has 0 unspecified atom stereocenters. The summed E-state index contributed by atoms with van der Waals surface area (Å²) in [4.78, 5) is 12.1. The number of piperidine rings is 1. The highest BCUT2D eigenvalue weighted by atomic mass is 15.2. The van der Waals surface area contributed by atoms with Crippen LogP contribution in [0.25, 0.3) is 28.2 Å². The lowest BCUT2D eigenvalue weighted by Crippen LogP contribution is -2.42. The van der Waals surface area contributed by atoms with E-state index in [9.17, 15) is 5.26 Å². The van der Waals surface area contributed by atoms with E-state index in [0.717, 1.165) is 59.9 Å². The molecule has 6 heteroatoms. The van der Waals surface area contributed by atoms with Crippen LogP contribution in [0.1, 0.15) is 24.0 Å². The first kappa shape index (κ1) is 19.3. The van der Waals surface area contributed by atoms with Crippen molar-refractivity contribution in [3.63, 3.8) is 0 Å². The highest BCUT2D eigenvalue weighted by Crippen LogP contribution is 2.33. The summed E-state index contributed by atoms with van der Waals surface area (Å²) >= 11 is 0. The van der Waals surface area contributed by atoms with Crippen LogP contribution in [0.5, 0.6) is 0 Å². The number of rotatable bonds is 3. The van der Waals surface area contributed by atoms with Crippen LogP contribution in [0, 0.1) is 18.3 Å². The molecule has 1 fully saturated rings. The summed E-state index contributed by atoms with van der Waals surface area (Å²) in [6.45, 7) is 3.87. The highest BCUT2D eigenvalue weighted by Gasteiger charge is 2.23. The molecule has 6 nitrogen and oxygen atoms in total. The van der Waals surface area contributed by atoms with Gasteiger partial charge in [0.25, 0.3) is 0 Å². The molecule has 1 saturated heterocycles. The smallest absolute Gasteiger partial charge is 0.167 e. The average molecular weight is 409 g/mol. The van der Waals surface area contributed by atoms with Gasteiger partial charge in [-0.2, -0.15) is 5.26 Å². The number of pyridine rings is 1. The molecule has 2 aromatic carbocycles. The number of anilines is 1. The van der Waals surface area contributed by atoms with Gasteiger partial charge in [-0.05, 0) is 62.2 Å². The average Bonchev–Trinajstić information content (AvgIpc) is 3.19. The molecular formula is C25H24N6. The molecule has 31 heavy (non-hydrogen) atoms. The number of hydrogen-bond donors (Lipinski definition) is 1. The molecule has 1 atom stereocenters. The maximum atomic E-state index is 9.18. The van der Waals surface area contributed by atoms with E-state index in [1.54, 1.807) is 0 Å². The Morgan fingerprint density at radius 2 is 1.84 bits per heavy atom. The summed E-state index contributed by atoms with van der Waals surface area (Å²) in [5, 5.41) is 9.18. The highest BCUT2D eigenvalue weighted by molar-refractivity contribution is 5.90. The molecule has 2 N–H and O–H groups in total. The Hall–Kier alpha value is -3.69. The second-order valence-corrected chi connectivity index (χ2v) is 8.15. The molecule has 0 aliphatic carbocycles. The number of imidazole rings is 1. The van der Waals surface area contributed by atoms with Crippen LogP contribution in [0.15, 0.2) is 60.8 Å². The van der Waals surface area contributed by atoms with E-state index in [4.69, 9.17) is 15.7 Å². The Morgan fingerprint density at radius 1 is 1.06 bits per heavy atom. The van der Waals surface area contributed by atoms with Gasteiger partial charge in [-0.1, -0.05) is 17.7 Å². The summed E-state index contributed by atoms with van der Waals surface area (Å²) in [6.07, 6.45) is 3.98. The standard InChI is InChI=1S/C25H24N6/c1-17-4-10-21(11-5-17)31-24(19-8-6-18(15-26)7-9-19)29-23-22(12-13-28-25(23)31)30-14-2-3-20(27)16-30/h4-13,20H,2-3,14,16,27H2,1H3/t20-/m1/s1. The fraction of sp³-hybridized carbons (Fsp3) is 0.240. The maximum absolute atomic E-state index is 9.18. The van der Waals surface area contributed by atoms with E-state index in [1.807, 2.05) is 36.5 Å². The Bertz CT molecular complexity index is 1260. The minimum Gasteiger partial charge on any atom is -0.368 e. The van der Waals surface area contributed by atoms with Crippen LogP contribution in [0.2, 0.25) is 0 Å². The van der Waals surface area contributed by atoms with E-state index in [1.165, 1.54) is 5.56 Å². The molecule has 5 rings (SSSR count). The molecule has 2 aromatic heterocycles. The summed E-state index contributed by atoms with van der Waals surface area (Å²) in [6, 6.07) is 20.3. The molecule has 0 spiro atoms. The van der Waals surface area contributed by atoms with Crippen LogP contribution >= 0.6 is 0 Å². The Balaban J connectivity index is 1.74. The first-order valence-electron chi connectivity index (χ1n) is 10.6. The van der Waals surface area contributed by atoms with Gasteiger partial charge in [0, 0.05) is 36.6 Å². The van der Waals surface area contributed by atoms with Crippen molar-refractivity contribution in [1.82, 2.24) is 14.5 Å². The monoisotopic (exact) mass is 408 g/mol. The van der Waals surface area contributed by atoms with Crippen molar-refractivity contribution in [3.05, 3.63) is 71.9 Å². The molecular weight excluding hydrogens is 384 g/mol. The van der Waals surface area contributed by atoms with E-state index in [0.29, 0.717) is 5.56 Å². The predicted octanol–water partition coefficient (Wildman–Crippen LogP) is 4.20. The lowest BCUT2D eigenvalue weighted by molar-refractivity contribution is 0.507. The number of aryl methyl sites for hydroxylation is 1. The number of aromatic nitrogens is 3. The molecule has 4 aromatic rings. The van der Waals surface area contributed by atoms with Crippen LogP contribution in [0.3, 0.4) is 0 Å². The zero-order valence-electron chi connectivity index (χ0n) is 17.5. The Morgan fingerprint density at radius 3 is 2.55 bits per heavy atom. The molecule has 0 saturated carbocycles.